The summed E-state index contributed by atoms with van der Waals surface area (Å²) in [5.74, 6) is 0. The van der Waals surface area contributed by atoms with Crippen molar-refractivity contribution in [1.29, 1.82) is 5.26 Å². The Morgan fingerprint density at radius 2 is 0.738 bits per heavy atom. The Morgan fingerprint density at radius 1 is 0.310 bits per heavy atom. The average Bonchev–Trinajstić information content (AvgIpc) is 3.74. The zero-order valence-electron chi connectivity index (χ0n) is 45.0. The van der Waals surface area contributed by atoms with Crippen LogP contribution in [0.15, 0.2) is 274 Å². The molecule has 0 aliphatic carbocycles. The van der Waals surface area contributed by atoms with Crippen molar-refractivity contribution in [1.82, 2.24) is 38.2 Å². The molecule has 0 atom stereocenters. The van der Waals surface area contributed by atoms with Crippen LogP contribution in [0.1, 0.15) is 5.56 Å². The van der Waals surface area contributed by atoms with E-state index >= 15 is 0 Å². The van der Waals surface area contributed by atoms with Gasteiger partial charge in [0.1, 0.15) is 6.07 Å². The maximum Gasteiger partial charge on any atom is 0.102 e. The van der Waals surface area contributed by atoms with E-state index in [9.17, 15) is 5.26 Å². The highest BCUT2D eigenvalue weighted by Gasteiger charge is 2.35. The molecule has 390 valence electrons. The van der Waals surface area contributed by atoms with E-state index in [4.69, 9.17) is 19.9 Å². The van der Waals surface area contributed by atoms with Gasteiger partial charge in [-0.15, -0.1) is 0 Å². The molecule has 9 heteroatoms. The molecule has 0 aliphatic heterocycles. The lowest BCUT2D eigenvalue weighted by atomic mass is 9.84. The Bertz CT molecular complexity index is 5410. The van der Waals surface area contributed by atoms with Crippen LogP contribution >= 0.6 is 0 Å². The number of aromatic nitrogens is 8. The number of rotatable bonds is 8. The molecule has 8 heterocycles. The fourth-order valence-electron chi connectivity index (χ4n) is 13.4. The molecule has 0 saturated heterocycles. The molecule has 0 saturated carbocycles. The van der Waals surface area contributed by atoms with Gasteiger partial charge < -0.3 is 18.3 Å². The van der Waals surface area contributed by atoms with Gasteiger partial charge in [0.2, 0.25) is 0 Å². The minimum atomic E-state index is 0.475. The van der Waals surface area contributed by atoms with Gasteiger partial charge >= 0.3 is 0 Å². The average molecular weight is 1070 g/mol. The van der Waals surface area contributed by atoms with Crippen molar-refractivity contribution in [2.45, 2.75) is 0 Å². The number of nitrogens with zero attached hydrogens (tertiary/aromatic N) is 9. The maximum atomic E-state index is 13.0. The second-order valence-corrected chi connectivity index (χ2v) is 21.3. The highest BCUT2D eigenvalue weighted by atomic mass is 15.1. The van der Waals surface area contributed by atoms with E-state index in [0.717, 1.165) is 149 Å². The monoisotopic (exact) mass is 1070 g/mol. The van der Waals surface area contributed by atoms with Crippen molar-refractivity contribution in [3.05, 3.63) is 279 Å². The zero-order valence-corrected chi connectivity index (χ0v) is 45.0. The smallest absolute Gasteiger partial charge is 0.102 e. The van der Waals surface area contributed by atoms with Crippen LogP contribution in [0.4, 0.5) is 0 Å². The van der Waals surface area contributed by atoms with E-state index in [-0.39, 0.29) is 0 Å². The van der Waals surface area contributed by atoms with Gasteiger partial charge in [-0.25, -0.2) is 4.98 Å². The Kier molecular flexibility index (Phi) is 10.5. The second kappa shape index (κ2) is 18.7. The third-order valence-corrected chi connectivity index (χ3v) is 16.9. The molecular formula is C75H45N9. The molecule has 84 heavy (non-hydrogen) atoms. The molecule has 0 radical (unpaired) electrons. The van der Waals surface area contributed by atoms with E-state index in [0.29, 0.717) is 11.3 Å². The van der Waals surface area contributed by atoms with Gasteiger partial charge in [-0.2, -0.15) is 5.26 Å². The van der Waals surface area contributed by atoms with Gasteiger partial charge in [-0.05, 0) is 84.4 Å². The molecule has 9 aromatic carbocycles. The molecule has 0 aliphatic rings. The van der Waals surface area contributed by atoms with Crippen LogP contribution in [0, 0.1) is 11.3 Å². The fraction of sp³-hybridized carbons (Fsp3) is 0. The lowest BCUT2D eigenvalue weighted by Gasteiger charge is -2.29. The summed E-state index contributed by atoms with van der Waals surface area (Å²) in [6, 6.07) is 86.2. The maximum absolute atomic E-state index is 13.0. The predicted molar refractivity (Wildman–Crippen MR) is 341 cm³/mol. The topological polar surface area (TPSA) is 95.1 Å². The van der Waals surface area contributed by atoms with Crippen molar-refractivity contribution in [2.75, 3.05) is 0 Å². The van der Waals surface area contributed by atoms with Gasteiger partial charge in [0.25, 0.3) is 0 Å². The van der Waals surface area contributed by atoms with Crippen LogP contribution < -0.4 is 0 Å². The Balaban J connectivity index is 1.18. The molecule has 17 aromatic rings. The molecular weight excluding hydrogens is 1030 g/mol. The summed E-state index contributed by atoms with van der Waals surface area (Å²) in [5.41, 5.74) is 18.4. The van der Waals surface area contributed by atoms with E-state index < -0.39 is 0 Å². The molecule has 17 rings (SSSR count). The number of hydrogen-bond acceptors (Lipinski definition) is 5. The molecule has 0 bridgehead atoms. The highest BCUT2D eigenvalue weighted by molar-refractivity contribution is 6.18. The highest BCUT2D eigenvalue weighted by Crippen LogP contribution is 2.54. The molecule has 0 amide bonds. The van der Waals surface area contributed by atoms with Crippen LogP contribution in [-0.2, 0) is 0 Å². The second-order valence-electron chi connectivity index (χ2n) is 21.3. The number of nitriles is 1. The van der Waals surface area contributed by atoms with E-state index in [1.165, 1.54) is 0 Å². The Labute approximate surface area is 481 Å². The summed E-state index contributed by atoms with van der Waals surface area (Å²) < 4.78 is 9.49. The van der Waals surface area contributed by atoms with Crippen LogP contribution in [0.2, 0.25) is 0 Å². The first-order valence-corrected chi connectivity index (χ1v) is 28.1. The minimum Gasteiger partial charge on any atom is -0.309 e. The van der Waals surface area contributed by atoms with Gasteiger partial charge in [0.05, 0.1) is 78.1 Å². The standard InChI is InChI=1S/C75H45N9/c76-43-57-70(49-32-35-66-56(42-49)51-24-10-14-28-62(51)81(66)50-22-8-3-9-23-50)71(55-33-34-61(47-18-4-1-5-19-47)80-72(55)48-20-6-2-7-21-48)74(83-64-30-16-12-26-53(64)59-45-78-40-37-68(59)83)75(84-65-31-17-13-27-54(65)60-46-79-41-38-69(60)84)73(57)82-63-29-15-11-25-52(63)58-44-77-39-36-67(58)82/h1-42,44-46H. The first-order valence-electron chi connectivity index (χ1n) is 28.1. The molecule has 0 unspecified atom stereocenters. The number of pyridine rings is 4. The minimum absolute atomic E-state index is 0.475. The van der Waals surface area contributed by atoms with Crippen molar-refractivity contribution >= 4 is 87.2 Å². The molecule has 0 N–H and O–H groups in total. The molecule has 0 fully saturated rings. The number of para-hydroxylation sites is 5. The van der Waals surface area contributed by atoms with Crippen molar-refractivity contribution in [2.24, 2.45) is 0 Å². The van der Waals surface area contributed by atoms with Crippen molar-refractivity contribution in [3.8, 4) is 73.6 Å². The summed E-state index contributed by atoms with van der Waals surface area (Å²) in [5, 5.41) is 21.1. The quantitative estimate of drug-likeness (QED) is 0.151. The largest absolute Gasteiger partial charge is 0.309 e. The SMILES string of the molecule is N#Cc1c(-c2ccc3c(c2)c2ccccc2n3-c2ccccc2)c(-c2ccc(-c3ccccc3)nc2-c2ccccc2)c(-n2c3ccccc3c3cnccc32)c(-n2c3ccccc3c3cnccc32)c1-n1c2ccccc2c2cnccc21. The Morgan fingerprint density at radius 3 is 1.27 bits per heavy atom. The van der Waals surface area contributed by atoms with Crippen LogP contribution in [0.3, 0.4) is 0 Å². The zero-order chi connectivity index (χ0) is 55.4. The molecule has 9 nitrogen and oxygen atoms in total. The summed E-state index contributed by atoms with van der Waals surface area (Å²) in [6.07, 6.45) is 11.5. The first-order chi connectivity index (χ1) is 41.7. The predicted octanol–water partition coefficient (Wildman–Crippen LogP) is 18.2. The molecule has 8 aromatic heterocycles. The number of fused-ring (bicyclic) bond motifs is 12. The van der Waals surface area contributed by atoms with Gasteiger partial charge in [-0.3, -0.25) is 15.0 Å². The summed E-state index contributed by atoms with van der Waals surface area (Å²) in [6.45, 7) is 0. The number of hydrogen-bond donors (Lipinski definition) is 0. The third-order valence-electron chi connectivity index (χ3n) is 16.9. The first kappa shape index (κ1) is 47.1. The van der Waals surface area contributed by atoms with E-state index in [1.807, 2.05) is 49.3 Å². The van der Waals surface area contributed by atoms with Gasteiger partial charge in [0.15, 0.2) is 0 Å². The molecule has 0 spiro atoms. The lowest BCUT2D eigenvalue weighted by Crippen LogP contribution is -2.15. The number of benzene rings is 9. The summed E-state index contributed by atoms with van der Waals surface area (Å²) >= 11 is 0. The summed E-state index contributed by atoms with van der Waals surface area (Å²) in [7, 11) is 0. The normalized spacial score (nSPS) is 11.8. The van der Waals surface area contributed by atoms with Crippen LogP contribution in [-0.4, -0.2) is 38.2 Å². The summed E-state index contributed by atoms with van der Waals surface area (Å²) in [4.78, 5) is 20.1. The van der Waals surface area contributed by atoms with Crippen LogP contribution in [0.5, 0.6) is 0 Å². The third kappa shape index (κ3) is 6.89. The van der Waals surface area contributed by atoms with Crippen molar-refractivity contribution < 1.29 is 0 Å². The van der Waals surface area contributed by atoms with E-state index in [2.05, 4.69) is 249 Å². The lowest BCUT2D eigenvalue weighted by molar-refractivity contribution is 1.05. The van der Waals surface area contributed by atoms with Gasteiger partial charge in [0, 0.05) is 114 Å². The Hall–Kier alpha value is -11.7. The van der Waals surface area contributed by atoms with Gasteiger partial charge in [-0.1, -0.05) is 158 Å². The van der Waals surface area contributed by atoms with E-state index in [1.54, 1.807) is 0 Å². The van der Waals surface area contributed by atoms with Crippen molar-refractivity contribution in [3.63, 3.8) is 0 Å². The van der Waals surface area contributed by atoms with Crippen LogP contribution in [0.25, 0.3) is 155 Å². The fourth-order valence-corrected chi connectivity index (χ4v) is 13.4.